The Morgan fingerprint density at radius 3 is 2.67 bits per heavy atom. The average Bonchev–Trinajstić information content (AvgIpc) is 2.12. The van der Waals surface area contributed by atoms with Crippen LogP contribution in [0.5, 0.6) is 5.75 Å². The normalized spacial score (nSPS) is 10.7. The number of ether oxygens (including phenoxy) is 1. The van der Waals surface area contributed by atoms with Crippen LogP contribution in [-0.2, 0) is 0 Å². The molecular formula is C9H10F3NOS. The van der Waals surface area contributed by atoms with Gasteiger partial charge in [0.1, 0.15) is 0 Å². The largest absolute Gasteiger partial charge is 0.432 e. The molecule has 1 aromatic rings. The van der Waals surface area contributed by atoms with Gasteiger partial charge in [0, 0.05) is 16.6 Å². The standard InChI is InChI=1S/C9H10F3NOS/c1-2-15-8-4-7(14-9(11)12)5(10)3-6(8)13/h3-4,9H,2,13H2,1H3. The zero-order valence-corrected chi connectivity index (χ0v) is 8.78. The van der Waals surface area contributed by atoms with Gasteiger partial charge in [-0.15, -0.1) is 11.8 Å². The average molecular weight is 237 g/mol. The Labute approximate surface area is 89.6 Å². The van der Waals surface area contributed by atoms with Crippen molar-refractivity contribution in [1.82, 2.24) is 0 Å². The Balaban J connectivity index is 3.00. The highest BCUT2D eigenvalue weighted by atomic mass is 32.2. The van der Waals surface area contributed by atoms with Gasteiger partial charge in [-0.3, -0.25) is 0 Å². The van der Waals surface area contributed by atoms with Crippen molar-refractivity contribution in [2.75, 3.05) is 11.5 Å². The zero-order chi connectivity index (χ0) is 11.4. The van der Waals surface area contributed by atoms with E-state index in [-0.39, 0.29) is 5.69 Å². The summed E-state index contributed by atoms with van der Waals surface area (Å²) in [5, 5.41) is 0. The molecule has 0 aliphatic heterocycles. The lowest BCUT2D eigenvalue weighted by Gasteiger charge is -2.09. The van der Waals surface area contributed by atoms with Crippen molar-refractivity contribution < 1.29 is 17.9 Å². The fourth-order valence-corrected chi connectivity index (χ4v) is 1.74. The third kappa shape index (κ3) is 3.23. The maximum absolute atomic E-state index is 13.1. The predicted molar refractivity (Wildman–Crippen MR) is 53.8 cm³/mol. The van der Waals surface area contributed by atoms with Crippen LogP contribution < -0.4 is 10.5 Å². The number of thioether (sulfide) groups is 1. The summed E-state index contributed by atoms with van der Waals surface area (Å²) in [5.74, 6) is -0.646. The molecule has 0 unspecified atom stereocenters. The lowest BCUT2D eigenvalue weighted by molar-refractivity contribution is -0.0523. The van der Waals surface area contributed by atoms with Gasteiger partial charge < -0.3 is 10.5 Å². The van der Waals surface area contributed by atoms with Crippen LogP contribution in [0.25, 0.3) is 0 Å². The number of alkyl halides is 2. The molecule has 0 saturated carbocycles. The Bertz CT molecular complexity index is 346. The molecule has 0 fully saturated rings. The van der Waals surface area contributed by atoms with Gasteiger partial charge in [0.15, 0.2) is 11.6 Å². The molecule has 0 bridgehead atoms. The van der Waals surface area contributed by atoms with Crippen molar-refractivity contribution in [2.45, 2.75) is 18.4 Å². The van der Waals surface area contributed by atoms with Crippen molar-refractivity contribution in [2.24, 2.45) is 0 Å². The van der Waals surface area contributed by atoms with E-state index in [4.69, 9.17) is 5.73 Å². The van der Waals surface area contributed by atoms with Gasteiger partial charge in [0.2, 0.25) is 0 Å². The number of hydrogen-bond acceptors (Lipinski definition) is 3. The van der Waals surface area contributed by atoms with Crippen LogP contribution in [0, 0.1) is 5.82 Å². The third-order valence-electron chi connectivity index (χ3n) is 1.58. The first kappa shape index (κ1) is 12.0. The number of anilines is 1. The molecule has 0 heterocycles. The van der Waals surface area contributed by atoms with Crippen molar-refractivity contribution >= 4 is 17.4 Å². The number of benzene rings is 1. The molecule has 0 spiro atoms. The Morgan fingerprint density at radius 2 is 2.13 bits per heavy atom. The van der Waals surface area contributed by atoms with Gasteiger partial charge in [0.25, 0.3) is 0 Å². The van der Waals surface area contributed by atoms with Gasteiger partial charge in [-0.2, -0.15) is 8.78 Å². The summed E-state index contributed by atoms with van der Waals surface area (Å²) in [4.78, 5) is 0.537. The molecule has 0 aromatic heterocycles. The summed E-state index contributed by atoms with van der Waals surface area (Å²) in [5.41, 5.74) is 5.73. The molecular weight excluding hydrogens is 227 g/mol. The summed E-state index contributed by atoms with van der Waals surface area (Å²) >= 11 is 1.34. The smallest absolute Gasteiger partial charge is 0.387 e. The second kappa shape index (κ2) is 5.16. The van der Waals surface area contributed by atoms with Crippen molar-refractivity contribution in [1.29, 1.82) is 0 Å². The van der Waals surface area contributed by atoms with Gasteiger partial charge in [0.05, 0.1) is 0 Å². The van der Waals surface area contributed by atoms with E-state index in [1.807, 2.05) is 6.92 Å². The first-order valence-electron chi connectivity index (χ1n) is 4.21. The van der Waals surface area contributed by atoms with Crippen molar-refractivity contribution in [3.05, 3.63) is 17.9 Å². The summed E-state index contributed by atoms with van der Waals surface area (Å²) < 4.78 is 40.9. The minimum atomic E-state index is -3.04. The molecule has 2 nitrogen and oxygen atoms in total. The molecule has 1 rings (SSSR count). The molecule has 0 atom stereocenters. The van der Waals surface area contributed by atoms with Crippen LogP contribution in [0.15, 0.2) is 17.0 Å². The summed E-state index contributed by atoms with van der Waals surface area (Å²) in [6.07, 6.45) is 0. The van der Waals surface area contributed by atoms with Crippen molar-refractivity contribution in [3.8, 4) is 5.75 Å². The first-order valence-corrected chi connectivity index (χ1v) is 5.19. The highest BCUT2D eigenvalue weighted by molar-refractivity contribution is 7.99. The monoisotopic (exact) mass is 237 g/mol. The number of rotatable bonds is 4. The third-order valence-corrected chi connectivity index (χ3v) is 2.53. The van der Waals surface area contributed by atoms with Crippen LogP contribution in [0.2, 0.25) is 0 Å². The zero-order valence-electron chi connectivity index (χ0n) is 7.97. The second-order valence-corrected chi connectivity index (χ2v) is 3.94. The maximum atomic E-state index is 13.1. The van der Waals surface area contributed by atoms with Gasteiger partial charge in [-0.05, 0) is 11.8 Å². The second-order valence-electron chi connectivity index (χ2n) is 2.63. The van der Waals surface area contributed by atoms with E-state index in [1.54, 1.807) is 0 Å². The minimum Gasteiger partial charge on any atom is -0.432 e. The van der Waals surface area contributed by atoms with Gasteiger partial charge in [-0.25, -0.2) is 4.39 Å². The van der Waals surface area contributed by atoms with Gasteiger partial charge in [-0.1, -0.05) is 6.92 Å². The highest BCUT2D eigenvalue weighted by Crippen LogP contribution is 2.32. The molecule has 0 saturated heterocycles. The van der Waals surface area contributed by atoms with Crippen LogP contribution in [-0.4, -0.2) is 12.4 Å². The quantitative estimate of drug-likeness (QED) is 0.645. The van der Waals surface area contributed by atoms with E-state index >= 15 is 0 Å². The molecule has 2 N–H and O–H groups in total. The van der Waals surface area contributed by atoms with Gasteiger partial charge >= 0.3 is 6.61 Å². The molecule has 84 valence electrons. The lowest BCUT2D eigenvalue weighted by atomic mass is 10.3. The van der Waals surface area contributed by atoms with Crippen LogP contribution in [0.4, 0.5) is 18.9 Å². The number of nitrogens with two attached hydrogens (primary N) is 1. The number of halogens is 3. The molecule has 0 radical (unpaired) electrons. The van der Waals surface area contributed by atoms with E-state index in [1.165, 1.54) is 17.8 Å². The Hall–Kier alpha value is -1.04. The lowest BCUT2D eigenvalue weighted by Crippen LogP contribution is -2.04. The molecule has 1 aromatic carbocycles. The SMILES string of the molecule is CCSc1cc(OC(F)F)c(F)cc1N. The van der Waals surface area contributed by atoms with E-state index < -0.39 is 18.2 Å². The fraction of sp³-hybridized carbons (Fsp3) is 0.333. The summed E-state index contributed by atoms with van der Waals surface area (Å²) in [6.45, 7) is -1.16. The van der Waals surface area contributed by atoms with Crippen LogP contribution in [0.3, 0.4) is 0 Å². The van der Waals surface area contributed by atoms with E-state index in [0.717, 1.165) is 6.07 Å². The predicted octanol–water partition coefficient (Wildman–Crippen LogP) is 3.12. The molecule has 6 heteroatoms. The molecule has 15 heavy (non-hydrogen) atoms. The molecule has 0 aliphatic rings. The minimum absolute atomic E-state index is 0.223. The Morgan fingerprint density at radius 1 is 1.47 bits per heavy atom. The summed E-state index contributed by atoms with van der Waals surface area (Å²) in [7, 11) is 0. The molecule has 0 amide bonds. The van der Waals surface area contributed by atoms with Crippen LogP contribution in [0.1, 0.15) is 6.92 Å². The highest BCUT2D eigenvalue weighted by Gasteiger charge is 2.13. The molecule has 0 aliphatic carbocycles. The fourth-order valence-electron chi connectivity index (χ4n) is 1.02. The van der Waals surface area contributed by atoms with E-state index in [0.29, 0.717) is 10.6 Å². The topological polar surface area (TPSA) is 35.2 Å². The van der Waals surface area contributed by atoms with E-state index in [2.05, 4.69) is 4.74 Å². The van der Waals surface area contributed by atoms with Crippen molar-refractivity contribution in [3.63, 3.8) is 0 Å². The first-order chi connectivity index (χ1) is 7.04. The number of nitrogen functional groups attached to an aromatic ring is 1. The number of hydrogen-bond donors (Lipinski definition) is 1. The Kier molecular flexibility index (Phi) is 4.14. The summed E-state index contributed by atoms with van der Waals surface area (Å²) in [6, 6.07) is 2.17. The maximum Gasteiger partial charge on any atom is 0.387 e. The van der Waals surface area contributed by atoms with Crippen LogP contribution >= 0.6 is 11.8 Å². The van der Waals surface area contributed by atoms with E-state index in [9.17, 15) is 13.2 Å².